The highest BCUT2D eigenvalue weighted by Crippen LogP contribution is 2.24. The fraction of sp³-hybridized carbons (Fsp3) is 0.231. The van der Waals surface area contributed by atoms with Crippen LogP contribution in [0.4, 0.5) is 20.3 Å². The summed E-state index contributed by atoms with van der Waals surface area (Å²) in [6.45, 7) is 0.443. The molecular formula is C13H14F2N4. The Labute approximate surface area is 109 Å². The van der Waals surface area contributed by atoms with E-state index in [0.717, 1.165) is 6.07 Å². The molecule has 0 atom stereocenters. The van der Waals surface area contributed by atoms with Crippen LogP contribution in [0.2, 0.25) is 0 Å². The molecule has 0 amide bonds. The summed E-state index contributed by atoms with van der Waals surface area (Å²) in [5.41, 5.74) is 5.69. The van der Waals surface area contributed by atoms with Gasteiger partial charge in [0.25, 0.3) is 0 Å². The molecule has 0 bridgehead atoms. The number of nitrogens with two attached hydrogens (primary N) is 1. The molecule has 1 heterocycles. The average Bonchev–Trinajstić information content (AvgIpc) is 2.39. The van der Waals surface area contributed by atoms with Crippen molar-refractivity contribution in [1.82, 2.24) is 9.97 Å². The zero-order valence-corrected chi connectivity index (χ0v) is 10.5. The first kappa shape index (κ1) is 13.4. The van der Waals surface area contributed by atoms with Crippen LogP contribution in [0, 0.1) is 11.6 Å². The maximum Gasteiger partial charge on any atom is 0.149 e. The maximum absolute atomic E-state index is 13.7. The van der Waals surface area contributed by atoms with Crippen LogP contribution >= 0.6 is 0 Å². The Hall–Kier alpha value is -2.08. The molecule has 0 spiro atoms. The lowest BCUT2D eigenvalue weighted by Gasteiger charge is -2.19. The summed E-state index contributed by atoms with van der Waals surface area (Å²) in [6, 6.07) is 5.07. The summed E-state index contributed by atoms with van der Waals surface area (Å²) in [5, 5.41) is 0. The molecule has 0 radical (unpaired) electrons. The van der Waals surface area contributed by atoms with E-state index in [0.29, 0.717) is 24.6 Å². The van der Waals surface area contributed by atoms with Gasteiger partial charge in [-0.15, -0.1) is 0 Å². The minimum atomic E-state index is -0.638. The van der Waals surface area contributed by atoms with E-state index in [-0.39, 0.29) is 5.69 Å². The van der Waals surface area contributed by atoms with Crippen LogP contribution in [0.1, 0.15) is 5.82 Å². The standard InChI is InChI=1S/C13H14F2N4/c1-19(11-3-2-9(14)8-10(11)15)13-5-7-17-12(18-13)4-6-16/h2-3,5,7-8H,4,6,16H2,1H3. The molecule has 2 rings (SSSR count). The monoisotopic (exact) mass is 264 g/mol. The summed E-state index contributed by atoms with van der Waals surface area (Å²) in [7, 11) is 1.66. The van der Waals surface area contributed by atoms with E-state index in [1.807, 2.05) is 0 Å². The SMILES string of the molecule is CN(c1ccnc(CCN)n1)c1ccc(F)cc1F. The number of aromatic nitrogens is 2. The van der Waals surface area contributed by atoms with E-state index in [9.17, 15) is 8.78 Å². The molecule has 2 N–H and O–H groups in total. The second-order valence-corrected chi connectivity index (χ2v) is 4.02. The zero-order chi connectivity index (χ0) is 13.8. The number of halogens is 2. The summed E-state index contributed by atoms with van der Waals surface area (Å²) < 4.78 is 26.6. The predicted molar refractivity (Wildman–Crippen MR) is 69.2 cm³/mol. The molecular weight excluding hydrogens is 250 g/mol. The Bertz CT molecular complexity index is 574. The average molecular weight is 264 g/mol. The van der Waals surface area contributed by atoms with Crippen molar-refractivity contribution in [3.63, 3.8) is 0 Å². The van der Waals surface area contributed by atoms with Crippen LogP contribution in [0.5, 0.6) is 0 Å². The highest BCUT2D eigenvalue weighted by atomic mass is 19.1. The highest BCUT2D eigenvalue weighted by molar-refractivity contribution is 5.59. The van der Waals surface area contributed by atoms with E-state index in [2.05, 4.69) is 9.97 Å². The van der Waals surface area contributed by atoms with Crippen molar-refractivity contribution in [2.24, 2.45) is 5.73 Å². The number of nitrogens with zero attached hydrogens (tertiary/aromatic N) is 3. The van der Waals surface area contributed by atoms with Crippen LogP contribution in [-0.4, -0.2) is 23.6 Å². The Kier molecular flexibility index (Phi) is 4.01. The third-order valence-electron chi connectivity index (χ3n) is 2.67. The van der Waals surface area contributed by atoms with Gasteiger partial charge in [0.1, 0.15) is 23.3 Å². The quantitative estimate of drug-likeness (QED) is 0.918. The Morgan fingerprint density at radius 3 is 2.74 bits per heavy atom. The maximum atomic E-state index is 13.7. The molecule has 0 aliphatic carbocycles. The fourth-order valence-corrected chi connectivity index (χ4v) is 1.70. The van der Waals surface area contributed by atoms with Gasteiger partial charge in [0.15, 0.2) is 0 Å². The van der Waals surface area contributed by atoms with Crippen LogP contribution in [0.25, 0.3) is 0 Å². The van der Waals surface area contributed by atoms with Gasteiger partial charge in [0.05, 0.1) is 5.69 Å². The molecule has 0 aliphatic rings. The summed E-state index contributed by atoms with van der Waals surface area (Å²) in [5.74, 6) is -0.124. The van der Waals surface area contributed by atoms with Gasteiger partial charge in [-0.05, 0) is 24.7 Å². The number of hydrogen-bond acceptors (Lipinski definition) is 4. The number of hydrogen-bond donors (Lipinski definition) is 1. The van der Waals surface area contributed by atoms with Gasteiger partial charge >= 0.3 is 0 Å². The molecule has 0 saturated carbocycles. The third-order valence-corrected chi connectivity index (χ3v) is 2.67. The molecule has 2 aromatic rings. The van der Waals surface area contributed by atoms with Gasteiger partial charge < -0.3 is 10.6 Å². The van der Waals surface area contributed by atoms with Gasteiger partial charge in [-0.25, -0.2) is 18.7 Å². The Balaban J connectivity index is 2.32. The van der Waals surface area contributed by atoms with Crippen molar-refractivity contribution in [2.45, 2.75) is 6.42 Å². The van der Waals surface area contributed by atoms with Crippen molar-refractivity contribution in [3.05, 3.63) is 47.9 Å². The van der Waals surface area contributed by atoms with Crippen molar-refractivity contribution < 1.29 is 8.78 Å². The van der Waals surface area contributed by atoms with Gasteiger partial charge in [0, 0.05) is 25.7 Å². The van der Waals surface area contributed by atoms with E-state index < -0.39 is 11.6 Å². The lowest BCUT2D eigenvalue weighted by molar-refractivity contribution is 0.583. The predicted octanol–water partition coefficient (Wildman–Crippen LogP) is 2.02. The van der Waals surface area contributed by atoms with E-state index >= 15 is 0 Å². The van der Waals surface area contributed by atoms with Crippen LogP contribution < -0.4 is 10.6 Å². The zero-order valence-electron chi connectivity index (χ0n) is 10.5. The van der Waals surface area contributed by atoms with Gasteiger partial charge in [-0.1, -0.05) is 0 Å². The van der Waals surface area contributed by atoms with Crippen LogP contribution in [-0.2, 0) is 6.42 Å². The first-order chi connectivity index (χ1) is 9.11. The topological polar surface area (TPSA) is 55.0 Å². The Morgan fingerprint density at radius 2 is 2.05 bits per heavy atom. The second-order valence-electron chi connectivity index (χ2n) is 4.02. The summed E-state index contributed by atoms with van der Waals surface area (Å²) >= 11 is 0. The molecule has 0 unspecified atom stereocenters. The minimum absolute atomic E-state index is 0.249. The molecule has 4 nitrogen and oxygen atoms in total. The highest BCUT2D eigenvalue weighted by Gasteiger charge is 2.12. The smallest absolute Gasteiger partial charge is 0.149 e. The number of benzene rings is 1. The van der Waals surface area contributed by atoms with Crippen LogP contribution in [0.3, 0.4) is 0 Å². The molecule has 19 heavy (non-hydrogen) atoms. The van der Waals surface area contributed by atoms with Gasteiger partial charge in [-0.3, -0.25) is 0 Å². The van der Waals surface area contributed by atoms with Crippen molar-refractivity contribution in [3.8, 4) is 0 Å². The van der Waals surface area contributed by atoms with Gasteiger partial charge in [0.2, 0.25) is 0 Å². The fourth-order valence-electron chi connectivity index (χ4n) is 1.70. The van der Waals surface area contributed by atoms with Crippen molar-refractivity contribution in [1.29, 1.82) is 0 Å². The molecule has 0 saturated heterocycles. The molecule has 6 heteroatoms. The number of rotatable bonds is 4. The second kappa shape index (κ2) is 5.71. The van der Waals surface area contributed by atoms with Crippen LogP contribution in [0.15, 0.2) is 30.5 Å². The minimum Gasteiger partial charge on any atom is -0.330 e. The molecule has 0 fully saturated rings. The normalized spacial score (nSPS) is 10.5. The van der Waals surface area contributed by atoms with Gasteiger partial charge in [-0.2, -0.15) is 0 Å². The lowest BCUT2D eigenvalue weighted by Crippen LogP contribution is -2.15. The summed E-state index contributed by atoms with van der Waals surface area (Å²) in [4.78, 5) is 9.89. The summed E-state index contributed by atoms with van der Waals surface area (Å²) in [6.07, 6.45) is 2.14. The lowest BCUT2D eigenvalue weighted by atomic mass is 10.2. The number of anilines is 2. The molecule has 1 aromatic heterocycles. The molecule has 0 aliphatic heterocycles. The molecule has 100 valence electrons. The van der Waals surface area contributed by atoms with Crippen molar-refractivity contribution in [2.75, 3.05) is 18.5 Å². The molecule has 1 aromatic carbocycles. The largest absolute Gasteiger partial charge is 0.330 e. The third kappa shape index (κ3) is 3.03. The first-order valence-corrected chi connectivity index (χ1v) is 5.82. The van der Waals surface area contributed by atoms with E-state index in [1.165, 1.54) is 17.0 Å². The van der Waals surface area contributed by atoms with Crippen molar-refractivity contribution >= 4 is 11.5 Å². The van der Waals surface area contributed by atoms with E-state index in [1.54, 1.807) is 19.3 Å². The first-order valence-electron chi connectivity index (χ1n) is 5.82. The van der Waals surface area contributed by atoms with E-state index in [4.69, 9.17) is 5.73 Å². The Morgan fingerprint density at radius 1 is 1.26 bits per heavy atom.